The van der Waals surface area contributed by atoms with Crippen LogP contribution in [0.1, 0.15) is 88.0 Å². The molecule has 2 aliphatic rings. The fraction of sp³-hybridized carbons (Fsp3) is 0.750. The van der Waals surface area contributed by atoms with Gasteiger partial charge < -0.3 is 14.2 Å². The smallest absolute Gasteiger partial charge is 0.188 e. The van der Waals surface area contributed by atoms with Crippen LogP contribution in [-0.4, -0.2) is 26.7 Å². The summed E-state index contributed by atoms with van der Waals surface area (Å²) >= 11 is 0. The van der Waals surface area contributed by atoms with Gasteiger partial charge in [0.25, 0.3) is 0 Å². The summed E-state index contributed by atoms with van der Waals surface area (Å²) in [5, 5.41) is 0. The summed E-state index contributed by atoms with van der Waals surface area (Å²) in [5.74, 6) is 1.13. The summed E-state index contributed by atoms with van der Waals surface area (Å²) in [6, 6.07) is 5.47. The molecule has 0 radical (unpaired) electrons. The van der Waals surface area contributed by atoms with Crippen LogP contribution in [0.2, 0.25) is 0 Å². The third-order valence-corrected chi connectivity index (χ3v) is 6.51. The van der Waals surface area contributed by atoms with Crippen LogP contribution < -0.4 is 0 Å². The molecule has 0 aromatic heterocycles. The van der Waals surface area contributed by atoms with Crippen molar-refractivity contribution in [3.05, 3.63) is 35.1 Å². The summed E-state index contributed by atoms with van der Waals surface area (Å²) in [6.07, 6.45) is 9.33. The van der Waals surface area contributed by atoms with E-state index in [1.807, 2.05) is 12.1 Å². The van der Waals surface area contributed by atoms with E-state index in [0.717, 1.165) is 49.7 Å². The van der Waals surface area contributed by atoms with E-state index in [9.17, 15) is 8.78 Å². The zero-order valence-corrected chi connectivity index (χ0v) is 17.7. The molecule has 0 atom stereocenters. The standard InChI is InChI=1S/C24H36F2O3/c1-2-3-4-5-19-15-28-24(29-16-19)21-10-11-22(23(26)14-21)20-8-6-18(7-9-20)12-13-27-17-25/h10-11,14,18-20,24H,2-9,12-13,15-17H2,1H3. The molecule has 1 aromatic carbocycles. The van der Waals surface area contributed by atoms with Crippen LogP contribution in [0.3, 0.4) is 0 Å². The Morgan fingerprint density at radius 2 is 1.76 bits per heavy atom. The molecule has 1 aliphatic heterocycles. The third kappa shape index (κ3) is 6.73. The highest BCUT2D eigenvalue weighted by atomic mass is 19.1. The van der Waals surface area contributed by atoms with Crippen molar-refractivity contribution in [2.75, 3.05) is 26.7 Å². The summed E-state index contributed by atoms with van der Waals surface area (Å²) in [6.45, 7) is 3.36. The van der Waals surface area contributed by atoms with Crippen molar-refractivity contribution in [2.45, 2.75) is 76.9 Å². The molecule has 1 aromatic rings. The molecule has 0 N–H and O–H groups in total. The number of hydrogen-bond acceptors (Lipinski definition) is 3. The third-order valence-electron chi connectivity index (χ3n) is 6.51. The first kappa shape index (κ1) is 22.6. The van der Waals surface area contributed by atoms with Crippen LogP contribution in [-0.2, 0) is 14.2 Å². The van der Waals surface area contributed by atoms with Crippen molar-refractivity contribution in [3.63, 3.8) is 0 Å². The highest BCUT2D eigenvalue weighted by Gasteiger charge is 2.27. The molecule has 0 spiro atoms. The van der Waals surface area contributed by atoms with E-state index in [4.69, 9.17) is 14.2 Å². The Morgan fingerprint density at radius 1 is 1.00 bits per heavy atom. The van der Waals surface area contributed by atoms with Crippen molar-refractivity contribution in [1.82, 2.24) is 0 Å². The summed E-state index contributed by atoms with van der Waals surface area (Å²) in [4.78, 5) is 0. The van der Waals surface area contributed by atoms with E-state index < -0.39 is 13.2 Å². The number of rotatable bonds is 10. The Kier molecular flexibility index (Phi) is 9.35. The molecule has 29 heavy (non-hydrogen) atoms. The maximum absolute atomic E-state index is 14.8. The van der Waals surface area contributed by atoms with Crippen LogP contribution in [0.15, 0.2) is 18.2 Å². The first-order chi connectivity index (χ1) is 14.2. The van der Waals surface area contributed by atoms with Gasteiger partial charge in [-0.3, -0.25) is 0 Å². The highest BCUT2D eigenvalue weighted by molar-refractivity contribution is 5.28. The highest BCUT2D eigenvalue weighted by Crippen LogP contribution is 2.39. The van der Waals surface area contributed by atoms with Crippen molar-refractivity contribution >= 4 is 0 Å². The Bertz CT molecular complexity index is 594. The molecule has 0 unspecified atom stereocenters. The SMILES string of the molecule is CCCCCC1COC(c2ccc(C3CCC(CCOCF)CC3)c(F)c2)OC1. The second-order valence-electron chi connectivity index (χ2n) is 8.67. The minimum Gasteiger partial charge on any atom is -0.350 e. The van der Waals surface area contributed by atoms with Gasteiger partial charge >= 0.3 is 0 Å². The van der Waals surface area contributed by atoms with Gasteiger partial charge in [0, 0.05) is 11.5 Å². The maximum Gasteiger partial charge on any atom is 0.188 e. The van der Waals surface area contributed by atoms with Gasteiger partial charge in [0.05, 0.1) is 19.8 Å². The van der Waals surface area contributed by atoms with Gasteiger partial charge in [-0.2, -0.15) is 0 Å². The predicted molar refractivity (Wildman–Crippen MR) is 110 cm³/mol. The number of hydrogen-bond donors (Lipinski definition) is 0. The van der Waals surface area contributed by atoms with Crippen LogP contribution >= 0.6 is 0 Å². The molecule has 0 bridgehead atoms. The molecular weight excluding hydrogens is 374 g/mol. The summed E-state index contributed by atoms with van der Waals surface area (Å²) < 4.78 is 43.5. The second-order valence-corrected chi connectivity index (χ2v) is 8.67. The predicted octanol–water partition coefficient (Wildman–Crippen LogP) is 6.68. The van der Waals surface area contributed by atoms with E-state index in [-0.39, 0.29) is 11.7 Å². The van der Waals surface area contributed by atoms with Crippen molar-refractivity contribution in [2.24, 2.45) is 11.8 Å². The van der Waals surface area contributed by atoms with Gasteiger partial charge in [0.15, 0.2) is 13.2 Å². The summed E-state index contributed by atoms with van der Waals surface area (Å²) in [7, 11) is 0. The van der Waals surface area contributed by atoms with E-state index in [1.165, 1.54) is 19.3 Å². The van der Waals surface area contributed by atoms with Crippen LogP contribution in [0, 0.1) is 17.7 Å². The zero-order chi connectivity index (χ0) is 20.5. The number of benzene rings is 1. The first-order valence-corrected chi connectivity index (χ1v) is 11.4. The lowest BCUT2D eigenvalue weighted by Crippen LogP contribution is -2.27. The van der Waals surface area contributed by atoms with Crippen molar-refractivity contribution in [3.8, 4) is 0 Å². The second kappa shape index (κ2) is 12.0. The van der Waals surface area contributed by atoms with E-state index in [0.29, 0.717) is 31.7 Å². The van der Waals surface area contributed by atoms with Crippen LogP contribution in [0.4, 0.5) is 8.78 Å². The molecule has 3 rings (SSSR count). The molecule has 5 heteroatoms. The van der Waals surface area contributed by atoms with Crippen LogP contribution in [0.5, 0.6) is 0 Å². The first-order valence-electron chi connectivity index (χ1n) is 11.4. The largest absolute Gasteiger partial charge is 0.350 e. The lowest BCUT2D eigenvalue weighted by Gasteiger charge is -2.31. The van der Waals surface area contributed by atoms with Crippen molar-refractivity contribution < 1.29 is 23.0 Å². The van der Waals surface area contributed by atoms with Crippen LogP contribution in [0.25, 0.3) is 0 Å². The van der Waals surface area contributed by atoms with Gasteiger partial charge in [0.1, 0.15) is 5.82 Å². The average Bonchev–Trinajstić information content (AvgIpc) is 2.75. The zero-order valence-electron chi connectivity index (χ0n) is 17.7. The van der Waals surface area contributed by atoms with Gasteiger partial charge in [-0.25, -0.2) is 8.78 Å². The molecule has 1 aliphatic carbocycles. The Hall–Kier alpha value is -1.04. The van der Waals surface area contributed by atoms with Crippen molar-refractivity contribution in [1.29, 1.82) is 0 Å². The molecule has 1 heterocycles. The lowest BCUT2D eigenvalue weighted by atomic mass is 9.77. The molecule has 1 saturated heterocycles. The molecular formula is C24H36F2O3. The fourth-order valence-electron chi connectivity index (χ4n) is 4.67. The maximum atomic E-state index is 14.8. The number of ether oxygens (including phenoxy) is 3. The molecule has 0 amide bonds. The van der Waals surface area contributed by atoms with E-state index in [1.54, 1.807) is 6.07 Å². The quantitative estimate of drug-likeness (QED) is 0.403. The number of alkyl halides is 1. The number of unbranched alkanes of at least 4 members (excludes halogenated alkanes) is 2. The normalized spacial score (nSPS) is 27.8. The Balaban J connectivity index is 1.47. The van der Waals surface area contributed by atoms with Gasteiger partial charge in [-0.05, 0) is 62.0 Å². The summed E-state index contributed by atoms with van der Waals surface area (Å²) in [5.41, 5.74) is 1.58. The lowest BCUT2D eigenvalue weighted by molar-refractivity contribution is -0.206. The monoisotopic (exact) mass is 410 g/mol. The molecule has 1 saturated carbocycles. The molecule has 2 fully saturated rings. The minimum atomic E-state index is -0.707. The van der Waals surface area contributed by atoms with Gasteiger partial charge in [-0.1, -0.05) is 38.3 Å². The Labute approximate surface area is 174 Å². The van der Waals surface area contributed by atoms with E-state index >= 15 is 0 Å². The van der Waals surface area contributed by atoms with Gasteiger partial charge in [-0.15, -0.1) is 0 Å². The van der Waals surface area contributed by atoms with E-state index in [2.05, 4.69) is 6.92 Å². The minimum absolute atomic E-state index is 0.149. The molecule has 164 valence electrons. The fourth-order valence-corrected chi connectivity index (χ4v) is 4.67. The van der Waals surface area contributed by atoms with Gasteiger partial charge in [0.2, 0.25) is 0 Å². The number of halogens is 2. The topological polar surface area (TPSA) is 27.7 Å². The Morgan fingerprint density at radius 3 is 2.41 bits per heavy atom. The average molecular weight is 411 g/mol. The molecule has 3 nitrogen and oxygen atoms in total.